The molecule has 0 aliphatic rings. The predicted molar refractivity (Wildman–Crippen MR) is 83.1 cm³/mol. The molecule has 0 aliphatic heterocycles. The number of hydrogen-bond donors (Lipinski definition) is 1. The summed E-state index contributed by atoms with van der Waals surface area (Å²) < 4.78 is 0. The van der Waals surface area contributed by atoms with Gasteiger partial charge in [0.2, 0.25) is 0 Å². The Morgan fingerprint density at radius 2 is 1.91 bits per heavy atom. The maximum atomic E-state index is 11.6. The molecule has 2 rings (SSSR count). The summed E-state index contributed by atoms with van der Waals surface area (Å²) in [5.41, 5.74) is 3.50. The van der Waals surface area contributed by atoms with E-state index in [0.29, 0.717) is 12.0 Å². The number of aliphatic carboxylic acids is 1. The molecule has 0 spiro atoms. The predicted octanol–water partition coefficient (Wildman–Crippen LogP) is 3.62. The number of carboxylic acid groups (broad SMARTS) is 1. The highest BCUT2D eigenvalue weighted by molar-refractivity contribution is 5.77. The molecule has 0 radical (unpaired) electrons. The number of hydrogen-bond acceptors (Lipinski definition) is 3. The molecule has 114 valence electrons. The number of rotatable bonds is 5. The van der Waals surface area contributed by atoms with Gasteiger partial charge in [0.1, 0.15) is 0 Å². The zero-order valence-corrected chi connectivity index (χ0v) is 12.4. The lowest BCUT2D eigenvalue weighted by molar-refractivity contribution is -0.384. The minimum absolute atomic E-state index is 0.0937. The largest absolute Gasteiger partial charge is 0.481 e. The molecule has 1 N–H and O–H groups in total. The maximum Gasteiger partial charge on any atom is 0.311 e. The van der Waals surface area contributed by atoms with Gasteiger partial charge in [-0.2, -0.15) is 0 Å². The van der Waals surface area contributed by atoms with Crippen LogP contribution in [0, 0.1) is 24.0 Å². The van der Waals surface area contributed by atoms with Crippen LogP contribution >= 0.6 is 0 Å². The molecule has 0 saturated heterocycles. The van der Waals surface area contributed by atoms with Crippen molar-refractivity contribution in [3.63, 3.8) is 0 Å². The van der Waals surface area contributed by atoms with Gasteiger partial charge in [-0.25, -0.2) is 0 Å². The van der Waals surface area contributed by atoms with Crippen LogP contribution in [0.15, 0.2) is 42.5 Å². The SMILES string of the molecule is Cc1ccc(CC(C(=O)O)c2cccc([N+](=O)[O-])c2)cc1C. The van der Waals surface area contributed by atoms with Crippen molar-refractivity contribution in [1.29, 1.82) is 0 Å². The minimum Gasteiger partial charge on any atom is -0.481 e. The van der Waals surface area contributed by atoms with E-state index in [2.05, 4.69) is 0 Å². The van der Waals surface area contributed by atoms with Gasteiger partial charge in [-0.15, -0.1) is 0 Å². The zero-order valence-electron chi connectivity index (χ0n) is 12.4. The summed E-state index contributed by atoms with van der Waals surface area (Å²) in [5.74, 6) is -1.79. The van der Waals surface area contributed by atoms with Gasteiger partial charge < -0.3 is 5.11 Å². The Labute approximate surface area is 128 Å². The molecule has 1 unspecified atom stereocenters. The number of nitrogens with zero attached hydrogens (tertiary/aromatic N) is 1. The Balaban J connectivity index is 2.34. The molecule has 5 nitrogen and oxygen atoms in total. The van der Waals surface area contributed by atoms with E-state index in [1.54, 1.807) is 6.07 Å². The third-order valence-electron chi connectivity index (χ3n) is 3.79. The second-order valence-corrected chi connectivity index (χ2v) is 5.37. The molecular weight excluding hydrogens is 282 g/mol. The highest BCUT2D eigenvalue weighted by Crippen LogP contribution is 2.25. The lowest BCUT2D eigenvalue weighted by atomic mass is 9.90. The van der Waals surface area contributed by atoms with Crippen molar-refractivity contribution in [3.05, 3.63) is 74.8 Å². The lowest BCUT2D eigenvalue weighted by Crippen LogP contribution is -2.14. The van der Waals surface area contributed by atoms with Crippen LogP contribution in [0.3, 0.4) is 0 Å². The first-order chi connectivity index (χ1) is 10.4. The molecular formula is C17H17NO4. The number of carboxylic acids is 1. The summed E-state index contributed by atoms with van der Waals surface area (Å²) in [5, 5.41) is 20.3. The topological polar surface area (TPSA) is 80.4 Å². The van der Waals surface area contributed by atoms with E-state index >= 15 is 0 Å². The van der Waals surface area contributed by atoms with Crippen molar-refractivity contribution in [2.75, 3.05) is 0 Å². The zero-order chi connectivity index (χ0) is 16.3. The van der Waals surface area contributed by atoms with E-state index < -0.39 is 16.8 Å². The Kier molecular flexibility index (Phi) is 4.56. The lowest BCUT2D eigenvalue weighted by Gasteiger charge is -2.14. The van der Waals surface area contributed by atoms with Gasteiger partial charge >= 0.3 is 5.97 Å². The fourth-order valence-electron chi connectivity index (χ4n) is 2.37. The van der Waals surface area contributed by atoms with Crippen molar-refractivity contribution in [3.8, 4) is 0 Å². The first-order valence-corrected chi connectivity index (χ1v) is 6.92. The molecule has 0 bridgehead atoms. The number of nitro groups is 1. The van der Waals surface area contributed by atoms with Crippen molar-refractivity contribution in [2.45, 2.75) is 26.2 Å². The normalized spacial score (nSPS) is 11.9. The van der Waals surface area contributed by atoms with E-state index in [0.717, 1.165) is 16.7 Å². The van der Waals surface area contributed by atoms with E-state index in [1.165, 1.54) is 18.2 Å². The van der Waals surface area contributed by atoms with E-state index in [9.17, 15) is 20.0 Å². The molecule has 5 heteroatoms. The molecule has 22 heavy (non-hydrogen) atoms. The molecule has 2 aromatic carbocycles. The third kappa shape index (κ3) is 3.49. The number of aryl methyl sites for hydroxylation is 2. The average molecular weight is 299 g/mol. The monoisotopic (exact) mass is 299 g/mol. The van der Waals surface area contributed by atoms with Crippen LogP contribution in [0.4, 0.5) is 5.69 Å². The number of carbonyl (C=O) groups is 1. The molecule has 2 aromatic rings. The van der Waals surface area contributed by atoms with Crippen LogP contribution in [0.25, 0.3) is 0 Å². The number of benzene rings is 2. The van der Waals surface area contributed by atoms with Crippen molar-refractivity contribution >= 4 is 11.7 Å². The summed E-state index contributed by atoms with van der Waals surface area (Å²) in [4.78, 5) is 21.9. The van der Waals surface area contributed by atoms with E-state index in [1.807, 2.05) is 32.0 Å². The fraction of sp³-hybridized carbons (Fsp3) is 0.235. The summed E-state index contributed by atoms with van der Waals surface area (Å²) >= 11 is 0. The van der Waals surface area contributed by atoms with Crippen LogP contribution in [-0.2, 0) is 11.2 Å². The molecule has 0 heterocycles. The van der Waals surface area contributed by atoms with Gasteiger partial charge in [-0.05, 0) is 42.5 Å². The minimum atomic E-state index is -0.987. The van der Waals surface area contributed by atoms with E-state index in [-0.39, 0.29) is 5.69 Å². The standard InChI is InChI=1S/C17H17NO4/c1-11-6-7-13(8-12(11)2)9-16(17(19)20)14-4-3-5-15(10-14)18(21)22/h3-8,10,16H,9H2,1-2H3,(H,19,20). The van der Waals surface area contributed by atoms with Gasteiger partial charge in [-0.3, -0.25) is 14.9 Å². The summed E-state index contributed by atoms with van der Waals surface area (Å²) in [6, 6.07) is 11.6. The molecule has 0 aliphatic carbocycles. The summed E-state index contributed by atoms with van der Waals surface area (Å²) in [6.45, 7) is 3.97. The first-order valence-electron chi connectivity index (χ1n) is 6.92. The van der Waals surface area contributed by atoms with Crippen LogP contribution in [0.5, 0.6) is 0 Å². The van der Waals surface area contributed by atoms with Gasteiger partial charge in [-0.1, -0.05) is 30.3 Å². The second kappa shape index (κ2) is 6.39. The van der Waals surface area contributed by atoms with Crippen LogP contribution < -0.4 is 0 Å². The highest BCUT2D eigenvalue weighted by Gasteiger charge is 2.22. The molecule has 0 amide bonds. The summed E-state index contributed by atoms with van der Waals surface area (Å²) in [6.07, 6.45) is 0.303. The molecule has 1 atom stereocenters. The van der Waals surface area contributed by atoms with Crippen LogP contribution in [-0.4, -0.2) is 16.0 Å². The molecule has 0 saturated carbocycles. The Hall–Kier alpha value is -2.69. The van der Waals surface area contributed by atoms with E-state index in [4.69, 9.17) is 0 Å². The first kappa shape index (κ1) is 15.7. The van der Waals surface area contributed by atoms with Gasteiger partial charge in [0.15, 0.2) is 0 Å². The highest BCUT2D eigenvalue weighted by atomic mass is 16.6. The van der Waals surface area contributed by atoms with Crippen LogP contribution in [0.1, 0.15) is 28.2 Å². The smallest absolute Gasteiger partial charge is 0.311 e. The fourth-order valence-corrected chi connectivity index (χ4v) is 2.37. The Bertz CT molecular complexity index is 724. The Morgan fingerprint density at radius 3 is 2.50 bits per heavy atom. The van der Waals surface area contributed by atoms with Crippen molar-refractivity contribution in [1.82, 2.24) is 0 Å². The average Bonchev–Trinajstić information content (AvgIpc) is 2.48. The van der Waals surface area contributed by atoms with Gasteiger partial charge in [0.25, 0.3) is 5.69 Å². The molecule has 0 fully saturated rings. The van der Waals surface area contributed by atoms with Gasteiger partial charge in [0, 0.05) is 12.1 Å². The van der Waals surface area contributed by atoms with Crippen molar-refractivity contribution in [2.24, 2.45) is 0 Å². The summed E-state index contributed by atoms with van der Waals surface area (Å²) in [7, 11) is 0. The number of nitro benzene ring substituents is 1. The van der Waals surface area contributed by atoms with Gasteiger partial charge in [0.05, 0.1) is 10.8 Å². The maximum absolute atomic E-state index is 11.6. The quantitative estimate of drug-likeness (QED) is 0.675. The molecule has 0 aromatic heterocycles. The second-order valence-electron chi connectivity index (χ2n) is 5.37. The van der Waals surface area contributed by atoms with Crippen molar-refractivity contribution < 1.29 is 14.8 Å². The number of non-ortho nitro benzene ring substituents is 1. The Morgan fingerprint density at radius 1 is 1.18 bits per heavy atom. The third-order valence-corrected chi connectivity index (χ3v) is 3.79. The van der Waals surface area contributed by atoms with Crippen LogP contribution in [0.2, 0.25) is 0 Å².